The van der Waals surface area contributed by atoms with E-state index in [-0.39, 0.29) is 12.2 Å². The molecule has 1 aromatic carbocycles. The van der Waals surface area contributed by atoms with Gasteiger partial charge >= 0.3 is 0 Å². The van der Waals surface area contributed by atoms with Gasteiger partial charge in [0.2, 0.25) is 0 Å². The quantitative estimate of drug-likeness (QED) is 0.673. The molecule has 0 unspecified atom stereocenters. The summed E-state index contributed by atoms with van der Waals surface area (Å²) in [5.41, 5.74) is 4.81. The third-order valence-electron chi connectivity index (χ3n) is 3.30. The molecule has 0 aliphatic heterocycles. The maximum atomic E-state index is 13.1. The van der Waals surface area contributed by atoms with Crippen LogP contribution in [0.4, 0.5) is 13.2 Å². The lowest BCUT2D eigenvalue weighted by Gasteiger charge is -2.15. The van der Waals surface area contributed by atoms with Gasteiger partial charge in [0.05, 0.1) is 13.1 Å². The van der Waals surface area contributed by atoms with Crippen molar-refractivity contribution in [2.45, 2.75) is 12.5 Å². The second kappa shape index (κ2) is 8.39. The molecule has 4 N–H and O–H groups in total. The number of hydrogen-bond acceptors (Lipinski definition) is 5. The number of nitrogens with two attached hydrogens (primary N) is 1. The molecule has 0 saturated heterocycles. The Morgan fingerprint density at radius 1 is 1.00 bits per heavy atom. The number of carbonyl (C=O) groups is 2. The van der Waals surface area contributed by atoms with Gasteiger partial charge in [-0.05, 0) is 17.7 Å². The highest BCUT2D eigenvalue weighted by molar-refractivity contribution is 6.04. The Balaban J connectivity index is 2.06. The summed E-state index contributed by atoms with van der Waals surface area (Å²) < 4.78 is 39.1. The standard InChI is InChI=1S/C16H16F3N5O2/c17-11-3-1-10(2-4-11)7-23-14(25)12-13(22-6-5-21-12)15(26)24-9-16(18,19)8-20/h1-6H,7-9,20H2,(H,23,25)(H,24,26). The van der Waals surface area contributed by atoms with Crippen LogP contribution in [0.3, 0.4) is 0 Å². The van der Waals surface area contributed by atoms with Crippen LogP contribution in [-0.4, -0.2) is 40.8 Å². The molecule has 26 heavy (non-hydrogen) atoms. The van der Waals surface area contributed by atoms with E-state index in [4.69, 9.17) is 5.73 Å². The smallest absolute Gasteiger partial charge is 0.277 e. The Labute approximate surface area is 146 Å². The van der Waals surface area contributed by atoms with Gasteiger partial charge in [-0.3, -0.25) is 9.59 Å². The minimum Gasteiger partial charge on any atom is -0.347 e. The SMILES string of the molecule is NCC(F)(F)CNC(=O)c1nccnc1C(=O)NCc1ccc(F)cc1. The zero-order valence-electron chi connectivity index (χ0n) is 13.5. The highest BCUT2D eigenvalue weighted by Gasteiger charge is 2.29. The fourth-order valence-corrected chi connectivity index (χ4v) is 1.90. The topological polar surface area (TPSA) is 110 Å². The van der Waals surface area contributed by atoms with Gasteiger partial charge in [-0.15, -0.1) is 0 Å². The average Bonchev–Trinajstić information content (AvgIpc) is 2.65. The Morgan fingerprint density at radius 3 is 2.08 bits per heavy atom. The molecule has 10 heteroatoms. The summed E-state index contributed by atoms with van der Waals surface area (Å²) in [6, 6.07) is 5.43. The van der Waals surface area contributed by atoms with E-state index in [1.54, 1.807) is 0 Å². The van der Waals surface area contributed by atoms with Gasteiger partial charge in [-0.25, -0.2) is 23.1 Å². The van der Waals surface area contributed by atoms with Crippen molar-refractivity contribution < 1.29 is 22.8 Å². The van der Waals surface area contributed by atoms with Crippen molar-refractivity contribution in [3.63, 3.8) is 0 Å². The summed E-state index contributed by atoms with van der Waals surface area (Å²) in [5.74, 6) is -5.39. The number of amides is 2. The second-order valence-electron chi connectivity index (χ2n) is 5.31. The van der Waals surface area contributed by atoms with E-state index in [1.165, 1.54) is 30.5 Å². The number of rotatable bonds is 7. The normalized spacial score (nSPS) is 11.1. The van der Waals surface area contributed by atoms with Crippen molar-refractivity contribution in [3.8, 4) is 0 Å². The van der Waals surface area contributed by atoms with E-state index < -0.39 is 42.3 Å². The molecule has 2 amide bonds. The van der Waals surface area contributed by atoms with Crippen molar-refractivity contribution in [3.05, 3.63) is 59.4 Å². The predicted molar refractivity (Wildman–Crippen MR) is 85.9 cm³/mol. The number of hydrogen-bond donors (Lipinski definition) is 3. The van der Waals surface area contributed by atoms with Crippen LogP contribution < -0.4 is 16.4 Å². The maximum Gasteiger partial charge on any atom is 0.277 e. The van der Waals surface area contributed by atoms with Gasteiger partial charge in [0.1, 0.15) is 5.82 Å². The third kappa shape index (κ3) is 5.24. The number of aromatic nitrogens is 2. The predicted octanol–water partition coefficient (Wildman–Crippen LogP) is 0.869. The first-order valence-electron chi connectivity index (χ1n) is 7.52. The zero-order chi connectivity index (χ0) is 19.2. The largest absolute Gasteiger partial charge is 0.347 e. The summed E-state index contributed by atoms with van der Waals surface area (Å²) in [6.07, 6.45) is 2.35. The van der Waals surface area contributed by atoms with Gasteiger partial charge in [0, 0.05) is 18.9 Å². The Bertz CT molecular complexity index is 784. The molecule has 2 aromatic rings. The lowest BCUT2D eigenvalue weighted by molar-refractivity contribution is 0.0118. The van der Waals surface area contributed by atoms with Gasteiger partial charge in [-0.1, -0.05) is 12.1 Å². The molecular formula is C16H16F3N5O2. The molecule has 1 heterocycles. The van der Waals surface area contributed by atoms with Crippen LogP contribution in [0.5, 0.6) is 0 Å². The molecular weight excluding hydrogens is 351 g/mol. The first-order chi connectivity index (χ1) is 12.3. The fraction of sp³-hybridized carbons (Fsp3) is 0.250. The van der Waals surface area contributed by atoms with Crippen LogP contribution in [0.15, 0.2) is 36.7 Å². The Morgan fingerprint density at radius 2 is 1.54 bits per heavy atom. The van der Waals surface area contributed by atoms with Crippen LogP contribution in [0.25, 0.3) is 0 Å². The lowest BCUT2D eigenvalue weighted by Crippen LogP contribution is -2.42. The first kappa shape index (κ1) is 19.3. The van der Waals surface area contributed by atoms with Crippen LogP contribution in [0.2, 0.25) is 0 Å². The highest BCUT2D eigenvalue weighted by atomic mass is 19.3. The Hall–Kier alpha value is -3.01. The van der Waals surface area contributed by atoms with Crippen molar-refractivity contribution in [1.29, 1.82) is 0 Å². The summed E-state index contributed by atoms with van der Waals surface area (Å²) in [5, 5.41) is 4.47. The monoisotopic (exact) mass is 367 g/mol. The maximum absolute atomic E-state index is 13.1. The molecule has 2 rings (SSSR count). The van der Waals surface area contributed by atoms with Crippen LogP contribution in [0.1, 0.15) is 26.5 Å². The van der Waals surface area contributed by atoms with Crippen molar-refractivity contribution in [1.82, 2.24) is 20.6 Å². The third-order valence-corrected chi connectivity index (χ3v) is 3.30. The number of alkyl halides is 2. The number of carbonyl (C=O) groups excluding carboxylic acids is 2. The van der Waals surface area contributed by atoms with E-state index >= 15 is 0 Å². The number of nitrogens with one attached hydrogen (secondary N) is 2. The molecule has 0 fully saturated rings. The molecule has 138 valence electrons. The first-order valence-corrected chi connectivity index (χ1v) is 7.52. The fourth-order valence-electron chi connectivity index (χ4n) is 1.90. The van der Waals surface area contributed by atoms with Gasteiger partial charge < -0.3 is 16.4 Å². The van der Waals surface area contributed by atoms with Crippen molar-refractivity contribution >= 4 is 11.8 Å². The zero-order valence-corrected chi connectivity index (χ0v) is 13.5. The van der Waals surface area contributed by atoms with Crippen molar-refractivity contribution in [2.75, 3.05) is 13.1 Å². The number of nitrogens with zero attached hydrogens (tertiary/aromatic N) is 2. The molecule has 0 atom stereocenters. The minimum atomic E-state index is -3.27. The molecule has 0 saturated carbocycles. The van der Waals surface area contributed by atoms with Crippen LogP contribution in [-0.2, 0) is 6.54 Å². The number of benzene rings is 1. The summed E-state index contributed by atoms with van der Waals surface area (Å²) in [6.45, 7) is -1.86. The van der Waals surface area contributed by atoms with E-state index in [2.05, 4.69) is 15.3 Å². The van der Waals surface area contributed by atoms with E-state index in [9.17, 15) is 22.8 Å². The van der Waals surface area contributed by atoms with Gasteiger partial charge in [-0.2, -0.15) is 0 Å². The molecule has 0 aliphatic carbocycles. The molecule has 1 aromatic heterocycles. The summed E-state index contributed by atoms with van der Waals surface area (Å²) in [4.78, 5) is 31.8. The molecule has 0 bridgehead atoms. The minimum absolute atomic E-state index is 0.0575. The van der Waals surface area contributed by atoms with E-state index in [0.29, 0.717) is 5.56 Å². The van der Waals surface area contributed by atoms with Gasteiger partial charge in [0.15, 0.2) is 11.4 Å². The lowest BCUT2D eigenvalue weighted by atomic mass is 10.2. The molecule has 7 nitrogen and oxygen atoms in total. The molecule has 0 aliphatic rings. The average molecular weight is 367 g/mol. The number of halogens is 3. The Kier molecular flexibility index (Phi) is 6.23. The molecule has 0 radical (unpaired) electrons. The molecule has 0 spiro atoms. The van der Waals surface area contributed by atoms with E-state index in [0.717, 1.165) is 6.20 Å². The van der Waals surface area contributed by atoms with E-state index in [1.807, 2.05) is 5.32 Å². The van der Waals surface area contributed by atoms with Crippen LogP contribution in [0, 0.1) is 5.82 Å². The highest BCUT2D eigenvalue weighted by Crippen LogP contribution is 2.10. The summed E-state index contributed by atoms with van der Waals surface area (Å²) >= 11 is 0. The van der Waals surface area contributed by atoms with Crippen molar-refractivity contribution in [2.24, 2.45) is 5.73 Å². The van der Waals surface area contributed by atoms with Gasteiger partial charge in [0.25, 0.3) is 17.7 Å². The van der Waals surface area contributed by atoms with Crippen LogP contribution >= 0.6 is 0 Å². The summed E-state index contributed by atoms with van der Waals surface area (Å²) in [7, 11) is 0. The second-order valence-corrected chi connectivity index (χ2v) is 5.31.